The molecule has 0 amide bonds. The van der Waals surface area contributed by atoms with Gasteiger partial charge in [-0.3, -0.25) is 4.79 Å². The Kier molecular flexibility index (Phi) is 11.4. The molecule has 1 N–H and O–H groups in total. The molecule has 0 aromatic carbocycles. The Bertz CT molecular complexity index is 417. The van der Waals surface area contributed by atoms with E-state index in [9.17, 15) is 9.90 Å². The molecule has 0 bridgehead atoms. The minimum absolute atomic E-state index is 0.0410. The van der Waals surface area contributed by atoms with E-state index in [1.807, 2.05) is 41.5 Å². The van der Waals surface area contributed by atoms with E-state index in [1.54, 1.807) is 0 Å². The average Bonchev–Trinajstić information content (AvgIpc) is 2.62. The summed E-state index contributed by atoms with van der Waals surface area (Å²) < 4.78 is 28.9. The molecule has 1 aliphatic heterocycles. The van der Waals surface area contributed by atoms with Crippen LogP contribution in [0.25, 0.3) is 0 Å². The van der Waals surface area contributed by atoms with Crippen molar-refractivity contribution in [3.63, 3.8) is 0 Å². The van der Waals surface area contributed by atoms with Crippen LogP contribution in [-0.2, 0) is 28.5 Å². The summed E-state index contributed by atoms with van der Waals surface area (Å²) in [4.78, 5) is 11.7. The van der Waals surface area contributed by atoms with E-state index >= 15 is 0 Å². The number of carboxylic acids is 1. The summed E-state index contributed by atoms with van der Waals surface area (Å²) in [5.74, 6) is -1.45. The molecule has 0 aliphatic carbocycles. The molecule has 1 saturated heterocycles. The van der Waals surface area contributed by atoms with Gasteiger partial charge in [0.05, 0.1) is 69.5 Å². The number of carboxylic acid groups (broad SMARTS) is 1. The minimum Gasteiger partial charge on any atom is -0.481 e. The van der Waals surface area contributed by atoms with E-state index in [1.165, 1.54) is 0 Å². The summed E-state index contributed by atoms with van der Waals surface area (Å²) in [5, 5.41) is 9.59. The zero-order valence-corrected chi connectivity index (χ0v) is 17.7. The molecule has 7 unspecified atom stereocenters. The first-order valence-electron chi connectivity index (χ1n) is 9.99. The van der Waals surface area contributed by atoms with Crippen LogP contribution in [0.3, 0.4) is 0 Å². The maximum Gasteiger partial charge on any atom is 0.306 e. The zero-order valence-electron chi connectivity index (χ0n) is 17.7. The van der Waals surface area contributed by atoms with Crippen molar-refractivity contribution in [2.75, 3.05) is 33.0 Å². The minimum atomic E-state index is -0.816. The third-order valence-electron chi connectivity index (χ3n) is 4.70. The van der Waals surface area contributed by atoms with E-state index in [-0.39, 0.29) is 36.4 Å². The van der Waals surface area contributed by atoms with Crippen molar-refractivity contribution in [3.8, 4) is 0 Å². The average molecular weight is 391 g/mol. The second-order valence-electron chi connectivity index (χ2n) is 7.88. The molecule has 7 heteroatoms. The first-order valence-corrected chi connectivity index (χ1v) is 9.99. The van der Waals surface area contributed by atoms with Gasteiger partial charge in [0, 0.05) is 0 Å². The normalized spacial score (nSPS) is 39.3. The third kappa shape index (κ3) is 10.4. The molecule has 1 fully saturated rings. The predicted molar refractivity (Wildman–Crippen MR) is 102 cm³/mol. The summed E-state index contributed by atoms with van der Waals surface area (Å²) >= 11 is 0. The highest BCUT2D eigenvalue weighted by Crippen LogP contribution is 2.21. The fourth-order valence-electron chi connectivity index (χ4n) is 2.83. The summed E-state index contributed by atoms with van der Waals surface area (Å²) in [7, 11) is 0. The Morgan fingerprint density at radius 3 is 1.33 bits per heavy atom. The molecule has 0 spiro atoms. The molecule has 27 heavy (non-hydrogen) atoms. The van der Waals surface area contributed by atoms with Crippen LogP contribution >= 0.6 is 0 Å². The quantitative estimate of drug-likeness (QED) is 0.737. The van der Waals surface area contributed by atoms with Gasteiger partial charge in [-0.05, 0) is 47.0 Å². The van der Waals surface area contributed by atoms with Crippen LogP contribution in [0.15, 0.2) is 0 Å². The Balaban J connectivity index is 2.70. The number of carbonyl (C=O) groups is 1. The van der Waals surface area contributed by atoms with Crippen molar-refractivity contribution in [3.05, 3.63) is 0 Å². The lowest BCUT2D eigenvalue weighted by molar-refractivity contribution is -0.148. The number of ether oxygens (including phenoxy) is 5. The smallest absolute Gasteiger partial charge is 0.306 e. The molecular formula is C20H38O7. The van der Waals surface area contributed by atoms with Crippen LogP contribution in [0, 0.1) is 11.8 Å². The maximum atomic E-state index is 11.7. The van der Waals surface area contributed by atoms with Crippen LogP contribution in [0.1, 0.15) is 48.0 Å². The molecule has 0 aromatic rings. The molecule has 1 rings (SSSR count). The highest BCUT2D eigenvalue weighted by Gasteiger charge is 2.28. The largest absolute Gasteiger partial charge is 0.481 e. The Labute approximate surface area is 163 Å². The van der Waals surface area contributed by atoms with Crippen molar-refractivity contribution < 1.29 is 33.6 Å². The lowest BCUT2D eigenvalue weighted by Gasteiger charge is -2.26. The second-order valence-corrected chi connectivity index (χ2v) is 7.88. The molecule has 1 aliphatic rings. The molecule has 1 heterocycles. The summed E-state index contributed by atoms with van der Waals surface area (Å²) in [6.45, 7) is 13.8. The molecule has 160 valence electrons. The molecule has 0 radical (unpaired) electrons. The van der Waals surface area contributed by atoms with Crippen LogP contribution in [0.2, 0.25) is 0 Å². The summed E-state index contributed by atoms with van der Waals surface area (Å²) in [6, 6.07) is 0. The second kappa shape index (κ2) is 12.7. The topological polar surface area (TPSA) is 83.5 Å². The van der Waals surface area contributed by atoms with Crippen molar-refractivity contribution in [2.45, 2.75) is 78.5 Å². The number of aliphatic carboxylic acids is 1. The molecular weight excluding hydrogens is 352 g/mol. The number of hydrogen-bond donors (Lipinski definition) is 1. The predicted octanol–water partition coefficient (Wildman–Crippen LogP) is 2.75. The van der Waals surface area contributed by atoms with Crippen molar-refractivity contribution in [1.82, 2.24) is 0 Å². The Morgan fingerprint density at radius 1 is 0.630 bits per heavy atom. The van der Waals surface area contributed by atoms with E-state index < -0.39 is 11.9 Å². The third-order valence-corrected chi connectivity index (χ3v) is 4.70. The zero-order chi connectivity index (χ0) is 20.4. The van der Waals surface area contributed by atoms with E-state index in [0.717, 1.165) is 0 Å². The van der Waals surface area contributed by atoms with Gasteiger partial charge >= 0.3 is 5.97 Å². The van der Waals surface area contributed by atoms with Gasteiger partial charge < -0.3 is 28.8 Å². The van der Waals surface area contributed by atoms with E-state index in [4.69, 9.17) is 23.7 Å². The highest BCUT2D eigenvalue weighted by atomic mass is 16.6. The SMILES string of the molecule is CC1COC(C)COC(C)CC(C(=O)O)C(C)COC(C)COC(C)CO1. The lowest BCUT2D eigenvalue weighted by Crippen LogP contribution is -2.33. The summed E-state index contributed by atoms with van der Waals surface area (Å²) in [5.41, 5.74) is 0. The first kappa shape index (κ1) is 24.3. The van der Waals surface area contributed by atoms with Crippen molar-refractivity contribution >= 4 is 5.97 Å². The van der Waals surface area contributed by atoms with Gasteiger partial charge in [0.1, 0.15) is 0 Å². The van der Waals surface area contributed by atoms with Crippen LogP contribution < -0.4 is 0 Å². The van der Waals surface area contributed by atoms with Crippen LogP contribution in [-0.4, -0.2) is 74.6 Å². The van der Waals surface area contributed by atoms with Gasteiger partial charge in [-0.1, -0.05) is 6.92 Å². The van der Waals surface area contributed by atoms with E-state index in [0.29, 0.717) is 39.5 Å². The lowest BCUT2D eigenvalue weighted by atomic mass is 9.89. The van der Waals surface area contributed by atoms with Gasteiger partial charge in [0.15, 0.2) is 0 Å². The van der Waals surface area contributed by atoms with Crippen molar-refractivity contribution in [1.29, 1.82) is 0 Å². The van der Waals surface area contributed by atoms with Gasteiger partial charge in [0.25, 0.3) is 0 Å². The van der Waals surface area contributed by atoms with Gasteiger partial charge in [0.2, 0.25) is 0 Å². The number of rotatable bonds is 1. The van der Waals surface area contributed by atoms with Gasteiger partial charge in [-0.15, -0.1) is 0 Å². The highest BCUT2D eigenvalue weighted by molar-refractivity contribution is 5.70. The maximum absolute atomic E-state index is 11.7. The van der Waals surface area contributed by atoms with Gasteiger partial charge in [-0.25, -0.2) is 0 Å². The van der Waals surface area contributed by atoms with E-state index in [2.05, 4.69) is 0 Å². The molecule has 7 nitrogen and oxygen atoms in total. The molecule has 0 saturated carbocycles. The van der Waals surface area contributed by atoms with Crippen LogP contribution in [0.5, 0.6) is 0 Å². The number of hydrogen-bond acceptors (Lipinski definition) is 6. The Hall–Kier alpha value is -0.730. The van der Waals surface area contributed by atoms with Gasteiger partial charge in [-0.2, -0.15) is 0 Å². The van der Waals surface area contributed by atoms with Crippen LogP contribution in [0.4, 0.5) is 0 Å². The molecule has 7 atom stereocenters. The fraction of sp³-hybridized carbons (Fsp3) is 0.950. The van der Waals surface area contributed by atoms with Crippen molar-refractivity contribution in [2.24, 2.45) is 11.8 Å². The molecule has 0 aromatic heterocycles. The Morgan fingerprint density at radius 2 is 0.963 bits per heavy atom. The standard InChI is InChI=1S/C20H38O7/c1-13-8-23-15(3)10-25-17(5)12-27-18(6)11-26-16(4)9-24-14(2)7-19(13)20(21)22/h13-19H,7-12H2,1-6H3,(H,21,22). The first-order chi connectivity index (χ1) is 12.7. The fourth-order valence-corrected chi connectivity index (χ4v) is 2.83. The summed E-state index contributed by atoms with van der Waals surface area (Å²) in [6.07, 6.45) is -0.0271. The monoisotopic (exact) mass is 390 g/mol.